The zero-order valence-corrected chi connectivity index (χ0v) is 35.1. The van der Waals surface area contributed by atoms with Crippen LogP contribution in [0.4, 0.5) is 39.4 Å². The van der Waals surface area contributed by atoms with E-state index in [0.29, 0.717) is 66.3 Å². The summed E-state index contributed by atoms with van der Waals surface area (Å²) in [5, 5.41) is 15.7. The molecule has 1 saturated carbocycles. The molecular weight excluding hydrogens is 842 g/mol. The number of amides is 2. The molecule has 2 aromatic carbocycles. The predicted octanol–water partition coefficient (Wildman–Crippen LogP) is 4.54. The van der Waals surface area contributed by atoms with Gasteiger partial charge < -0.3 is 15.3 Å². The average molecular weight is 890 g/mol. The van der Waals surface area contributed by atoms with Gasteiger partial charge in [0.2, 0.25) is 27.8 Å². The first kappa shape index (κ1) is 43.7. The van der Waals surface area contributed by atoms with Crippen LogP contribution in [0.5, 0.6) is 0 Å². The standard InChI is InChI=1S/C41H48F5N9O6S/c1-23-16-28(8-9-30(23)48-37-47-20-29(41(44,45)46)35(50-37)54-14-5-13-39(2,59)21-54)62(60,61)51-26-18-27(19-26)53-15-12-25(40(42,43)22-53)17-24-6-4-7-31-34(24)52(3)38(58)55(31)32-10-11-33(56)49-36(32)57/h4,6-9,16,20,25-27,32,51,59H,5,10-15,17-19,21-22H2,1-3H3,(H,47,48,50)(H,49,56,57)/t25?,26?,27?,32?,39-/m0/s1. The Morgan fingerprint density at radius 2 is 1.81 bits per heavy atom. The zero-order valence-electron chi connectivity index (χ0n) is 34.3. The number of nitrogens with one attached hydrogen (secondary N) is 3. The van der Waals surface area contributed by atoms with Crippen LogP contribution in [0, 0.1) is 12.8 Å². The summed E-state index contributed by atoms with van der Waals surface area (Å²) in [5.74, 6) is -5.64. The van der Waals surface area contributed by atoms with E-state index >= 15 is 8.78 Å². The molecule has 0 bridgehead atoms. The molecule has 0 spiro atoms. The van der Waals surface area contributed by atoms with Crippen molar-refractivity contribution in [3.05, 3.63) is 69.8 Å². The van der Waals surface area contributed by atoms with Crippen LogP contribution in [-0.2, 0) is 39.3 Å². The highest BCUT2D eigenvalue weighted by molar-refractivity contribution is 7.89. The lowest BCUT2D eigenvalue weighted by atomic mass is 9.81. The Hall–Kier alpha value is -4.99. The highest BCUT2D eigenvalue weighted by Crippen LogP contribution is 2.41. The fourth-order valence-electron chi connectivity index (χ4n) is 9.36. The minimum absolute atomic E-state index is 0.00714. The van der Waals surface area contributed by atoms with Crippen molar-refractivity contribution in [2.24, 2.45) is 13.0 Å². The predicted molar refractivity (Wildman–Crippen MR) is 218 cm³/mol. The summed E-state index contributed by atoms with van der Waals surface area (Å²) in [5.41, 5.74) is -0.462. The first-order chi connectivity index (χ1) is 29.1. The van der Waals surface area contributed by atoms with Gasteiger partial charge in [-0.25, -0.2) is 31.7 Å². The number of benzene rings is 2. The van der Waals surface area contributed by atoms with Crippen LogP contribution in [0.1, 0.15) is 74.6 Å². The molecule has 1 aliphatic carbocycles. The van der Waals surface area contributed by atoms with Crippen molar-refractivity contribution in [2.45, 2.75) is 106 Å². The molecule has 334 valence electrons. The molecule has 4 fully saturated rings. The number of fused-ring (bicyclic) bond motifs is 1. The number of anilines is 3. The highest BCUT2D eigenvalue weighted by Gasteiger charge is 2.48. The number of imidazole rings is 1. The van der Waals surface area contributed by atoms with Crippen LogP contribution >= 0.6 is 0 Å². The monoisotopic (exact) mass is 889 g/mol. The third-order valence-corrected chi connectivity index (χ3v) is 14.2. The quantitative estimate of drug-likeness (QED) is 0.130. The van der Waals surface area contributed by atoms with Gasteiger partial charge in [0.25, 0.3) is 5.92 Å². The number of carbonyl (C=O) groups is 2. The third-order valence-electron chi connectivity index (χ3n) is 12.7. The smallest absolute Gasteiger partial charge is 0.388 e. The van der Waals surface area contributed by atoms with Crippen LogP contribution in [0.3, 0.4) is 0 Å². The van der Waals surface area contributed by atoms with Crippen molar-refractivity contribution in [2.75, 3.05) is 36.4 Å². The lowest BCUT2D eigenvalue weighted by molar-refractivity contribution is -0.138. The van der Waals surface area contributed by atoms with Crippen LogP contribution in [0.25, 0.3) is 11.0 Å². The number of imide groups is 1. The maximum Gasteiger partial charge on any atom is 0.421 e. The fourth-order valence-corrected chi connectivity index (χ4v) is 10.7. The van der Waals surface area contributed by atoms with E-state index in [-0.39, 0.29) is 61.5 Å². The van der Waals surface area contributed by atoms with E-state index in [0.717, 1.165) is 0 Å². The number of nitrogens with zero attached hydrogens (tertiary/aromatic N) is 6. The number of rotatable bonds is 10. The minimum atomic E-state index is -4.74. The summed E-state index contributed by atoms with van der Waals surface area (Å²) in [6.45, 7) is 3.25. The minimum Gasteiger partial charge on any atom is -0.388 e. The highest BCUT2D eigenvalue weighted by atomic mass is 32.2. The van der Waals surface area contributed by atoms with Gasteiger partial charge in [0.1, 0.15) is 17.4 Å². The molecule has 15 nitrogen and oxygen atoms in total. The SMILES string of the molecule is Cc1cc(S(=O)(=O)NC2CC(N3CCC(Cc4cccc5c4n(C)c(=O)n5C4CCC(=O)NC4=O)C(F)(F)C3)C2)ccc1Nc1ncc(C(F)(F)F)c(N2CCC[C@](C)(O)C2)n1. The van der Waals surface area contributed by atoms with Gasteiger partial charge in [0.15, 0.2) is 0 Å². The number of piperidine rings is 3. The molecule has 3 saturated heterocycles. The summed E-state index contributed by atoms with van der Waals surface area (Å²) in [7, 11) is -2.50. The molecule has 5 heterocycles. The number of sulfonamides is 1. The lowest BCUT2D eigenvalue weighted by Gasteiger charge is -2.48. The third kappa shape index (κ3) is 8.55. The van der Waals surface area contributed by atoms with E-state index < -0.39 is 75.3 Å². The molecule has 3 atom stereocenters. The molecule has 2 unspecified atom stereocenters. The summed E-state index contributed by atoms with van der Waals surface area (Å²) in [6, 6.07) is 7.60. The summed E-state index contributed by atoms with van der Waals surface area (Å²) in [4.78, 5) is 48.8. The second-order valence-electron chi connectivity index (χ2n) is 17.4. The number of para-hydroxylation sites is 1. The number of hydrogen-bond acceptors (Lipinski definition) is 11. The van der Waals surface area contributed by atoms with Crippen LogP contribution in [-0.4, -0.2) is 99.1 Å². The molecule has 4 aromatic rings. The number of hydrogen-bond donors (Lipinski definition) is 4. The van der Waals surface area contributed by atoms with Crippen molar-refractivity contribution >= 4 is 50.3 Å². The van der Waals surface area contributed by atoms with Crippen molar-refractivity contribution in [1.82, 2.24) is 34.0 Å². The maximum absolute atomic E-state index is 15.9. The number of aliphatic hydroxyl groups is 1. The number of aryl methyl sites for hydroxylation is 2. The second kappa shape index (κ2) is 16.0. The second-order valence-corrected chi connectivity index (χ2v) is 19.1. The largest absolute Gasteiger partial charge is 0.421 e. The summed E-state index contributed by atoms with van der Waals surface area (Å²) < 4.78 is 106. The Morgan fingerprint density at radius 1 is 1.05 bits per heavy atom. The van der Waals surface area contributed by atoms with Crippen LogP contribution in [0.15, 0.2) is 52.3 Å². The summed E-state index contributed by atoms with van der Waals surface area (Å²) in [6.07, 6.45) is -2.12. The molecule has 4 aliphatic rings. The molecule has 0 radical (unpaired) electrons. The van der Waals surface area contributed by atoms with E-state index in [1.54, 1.807) is 36.9 Å². The number of alkyl halides is 5. The molecule has 62 heavy (non-hydrogen) atoms. The van der Waals surface area contributed by atoms with Crippen molar-refractivity contribution in [3.63, 3.8) is 0 Å². The molecule has 2 amide bonds. The van der Waals surface area contributed by atoms with Gasteiger partial charge in [0.05, 0.1) is 28.1 Å². The van der Waals surface area contributed by atoms with Crippen molar-refractivity contribution in [1.29, 1.82) is 0 Å². The van der Waals surface area contributed by atoms with Gasteiger partial charge in [-0.2, -0.15) is 18.2 Å². The Morgan fingerprint density at radius 3 is 2.48 bits per heavy atom. The molecule has 2 aromatic heterocycles. The maximum atomic E-state index is 15.9. The number of carbonyl (C=O) groups excluding carboxylic acids is 2. The molecular formula is C41H48F5N9O6S. The van der Waals surface area contributed by atoms with Gasteiger partial charge in [-0.3, -0.25) is 28.9 Å². The average Bonchev–Trinajstić information content (AvgIpc) is 3.42. The Kier molecular flexibility index (Phi) is 11.2. The fraction of sp³-hybridized carbons (Fsp3) is 0.537. The van der Waals surface area contributed by atoms with Gasteiger partial charge in [-0.15, -0.1) is 0 Å². The van der Waals surface area contributed by atoms with Gasteiger partial charge in [-0.1, -0.05) is 12.1 Å². The number of β-amino-alcohol motifs (C(OH)–C–C–N with tert-alkyl or cyclic N) is 1. The molecule has 4 N–H and O–H groups in total. The lowest BCUT2D eigenvalue weighted by Crippen LogP contribution is -2.59. The first-order valence-electron chi connectivity index (χ1n) is 20.6. The van der Waals surface area contributed by atoms with E-state index in [9.17, 15) is 41.1 Å². The first-order valence-corrected chi connectivity index (χ1v) is 22.0. The number of halogens is 5. The Bertz CT molecular complexity index is 2590. The number of likely N-dealkylation sites (tertiary alicyclic amines) is 1. The van der Waals surface area contributed by atoms with Crippen molar-refractivity contribution in [3.8, 4) is 0 Å². The van der Waals surface area contributed by atoms with Crippen molar-refractivity contribution < 1.29 is 45.1 Å². The van der Waals surface area contributed by atoms with E-state index in [1.807, 2.05) is 0 Å². The zero-order chi connectivity index (χ0) is 44.5. The Labute approximate surface area is 353 Å². The molecule has 21 heteroatoms. The van der Waals surface area contributed by atoms with E-state index in [4.69, 9.17) is 0 Å². The van der Waals surface area contributed by atoms with Gasteiger partial charge >= 0.3 is 11.9 Å². The van der Waals surface area contributed by atoms with Gasteiger partial charge in [0, 0.05) is 56.4 Å². The van der Waals surface area contributed by atoms with E-state index in [1.165, 1.54) is 39.3 Å². The number of aromatic nitrogens is 4. The normalized spacial score (nSPS) is 26.0. The Balaban J connectivity index is 0.882. The molecule has 3 aliphatic heterocycles. The van der Waals surface area contributed by atoms with Crippen LogP contribution in [0.2, 0.25) is 0 Å². The van der Waals surface area contributed by atoms with Gasteiger partial charge in [-0.05, 0) is 101 Å². The molecule has 8 rings (SSSR count). The summed E-state index contributed by atoms with van der Waals surface area (Å²) >= 11 is 0. The van der Waals surface area contributed by atoms with Crippen LogP contribution < -0.4 is 25.9 Å². The van der Waals surface area contributed by atoms with E-state index in [2.05, 4.69) is 25.3 Å². The topological polar surface area (TPSA) is 184 Å².